The Morgan fingerprint density at radius 2 is 2.50 bits per heavy atom. The predicted molar refractivity (Wildman–Crippen MR) is 56.5 cm³/mol. The van der Waals surface area contributed by atoms with E-state index < -0.39 is 0 Å². The fraction of sp³-hybridized carbons (Fsp3) is 0.700. The molecule has 0 unspecified atom stereocenters. The third kappa shape index (κ3) is 2.79. The van der Waals surface area contributed by atoms with E-state index in [0.717, 1.165) is 5.69 Å². The van der Waals surface area contributed by atoms with Crippen molar-refractivity contribution in [2.75, 3.05) is 7.11 Å². The molecule has 0 amide bonds. The molecule has 88 valence electrons. The number of esters is 1. The molecule has 0 atom stereocenters. The summed E-state index contributed by atoms with van der Waals surface area (Å²) in [5.74, 6) is -0.316. The SMILES string of the molecule is COC(=O)Cn1cc(CNC2CCC2)nn1. The molecule has 1 aliphatic rings. The predicted octanol–water partition coefficient (Wildman–Crippen LogP) is 0.0932. The van der Waals surface area contributed by atoms with Crippen molar-refractivity contribution >= 4 is 5.97 Å². The topological polar surface area (TPSA) is 69.0 Å². The number of methoxy groups -OCH3 is 1. The number of aromatic nitrogens is 3. The minimum atomic E-state index is -0.316. The molecule has 6 nitrogen and oxygen atoms in total. The Labute approximate surface area is 94.0 Å². The zero-order valence-electron chi connectivity index (χ0n) is 9.35. The number of rotatable bonds is 5. The number of carbonyl (C=O) groups is 1. The van der Waals surface area contributed by atoms with Gasteiger partial charge in [0.2, 0.25) is 0 Å². The zero-order chi connectivity index (χ0) is 11.4. The van der Waals surface area contributed by atoms with Crippen LogP contribution in [0.25, 0.3) is 0 Å². The molecule has 0 saturated heterocycles. The van der Waals surface area contributed by atoms with Crippen LogP contribution in [0.2, 0.25) is 0 Å². The lowest BCUT2D eigenvalue weighted by molar-refractivity contribution is -0.141. The zero-order valence-corrected chi connectivity index (χ0v) is 9.35. The lowest BCUT2D eigenvalue weighted by Crippen LogP contribution is -2.34. The van der Waals surface area contributed by atoms with Gasteiger partial charge in [-0.3, -0.25) is 4.79 Å². The first-order valence-corrected chi connectivity index (χ1v) is 5.47. The smallest absolute Gasteiger partial charge is 0.327 e. The average Bonchev–Trinajstić information content (AvgIpc) is 2.63. The Morgan fingerprint density at radius 1 is 1.69 bits per heavy atom. The van der Waals surface area contributed by atoms with E-state index in [2.05, 4.69) is 20.4 Å². The molecule has 1 saturated carbocycles. The Morgan fingerprint density at radius 3 is 3.12 bits per heavy atom. The summed E-state index contributed by atoms with van der Waals surface area (Å²) in [7, 11) is 1.36. The number of nitrogens with one attached hydrogen (secondary N) is 1. The van der Waals surface area contributed by atoms with Gasteiger partial charge < -0.3 is 10.1 Å². The lowest BCUT2D eigenvalue weighted by atomic mass is 9.93. The number of hydrogen-bond acceptors (Lipinski definition) is 5. The van der Waals surface area contributed by atoms with Crippen molar-refractivity contribution < 1.29 is 9.53 Å². The molecule has 1 aromatic rings. The molecule has 6 heteroatoms. The van der Waals surface area contributed by atoms with Gasteiger partial charge in [-0.25, -0.2) is 4.68 Å². The third-order valence-electron chi connectivity index (χ3n) is 2.78. The van der Waals surface area contributed by atoms with Gasteiger partial charge in [-0.1, -0.05) is 11.6 Å². The fourth-order valence-corrected chi connectivity index (χ4v) is 1.55. The molecular formula is C10H16N4O2. The van der Waals surface area contributed by atoms with Crippen LogP contribution in [0.5, 0.6) is 0 Å². The summed E-state index contributed by atoms with van der Waals surface area (Å²) in [4.78, 5) is 11.0. The molecule has 0 spiro atoms. The van der Waals surface area contributed by atoms with Crippen molar-refractivity contribution in [3.05, 3.63) is 11.9 Å². The van der Waals surface area contributed by atoms with Crippen LogP contribution in [0.15, 0.2) is 6.20 Å². The molecule has 0 aliphatic heterocycles. The van der Waals surface area contributed by atoms with Crippen LogP contribution < -0.4 is 5.32 Å². The van der Waals surface area contributed by atoms with Crippen LogP contribution in [-0.2, 0) is 22.6 Å². The molecule has 0 aromatic carbocycles. The van der Waals surface area contributed by atoms with Crippen molar-refractivity contribution in [2.45, 2.75) is 38.4 Å². The summed E-state index contributed by atoms with van der Waals surface area (Å²) in [5, 5.41) is 11.2. The Bertz CT molecular complexity index is 359. The van der Waals surface area contributed by atoms with Crippen LogP contribution >= 0.6 is 0 Å². The van der Waals surface area contributed by atoms with Crippen LogP contribution in [0.4, 0.5) is 0 Å². The highest BCUT2D eigenvalue weighted by Gasteiger charge is 2.16. The molecule has 1 heterocycles. The van der Waals surface area contributed by atoms with Crippen molar-refractivity contribution in [3.8, 4) is 0 Å². The summed E-state index contributed by atoms with van der Waals surface area (Å²) in [6.07, 6.45) is 5.57. The molecule has 16 heavy (non-hydrogen) atoms. The molecule has 1 fully saturated rings. The molecular weight excluding hydrogens is 208 g/mol. The molecule has 1 aliphatic carbocycles. The van der Waals surface area contributed by atoms with Gasteiger partial charge in [0.15, 0.2) is 0 Å². The maximum Gasteiger partial charge on any atom is 0.327 e. The monoisotopic (exact) mass is 224 g/mol. The molecule has 1 aromatic heterocycles. The van der Waals surface area contributed by atoms with Crippen molar-refractivity contribution in [2.24, 2.45) is 0 Å². The second-order valence-electron chi connectivity index (χ2n) is 3.99. The van der Waals surface area contributed by atoms with E-state index in [1.807, 2.05) is 0 Å². The number of nitrogens with zero attached hydrogens (tertiary/aromatic N) is 3. The van der Waals surface area contributed by atoms with E-state index in [0.29, 0.717) is 12.6 Å². The van der Waals surface area contributed by atoms with Gasteiger partial charge in [0.05, 0.1) is 19.0 Å². The molecule has 2 rings (SSSR count). The standard InChI is InChI=1S/C10H16N4O2/c1-16-10(15)7-14-6-9(12-13-14)5-11-8-3-2-4-8/h6,8,11H,2-5,7H2,1H3. The van der Waals surface area contributed by atoms with E-state index in [9.17, 15) is 4.79 Å². The summed E-state index contributed by atoms with van der Waals surface area (Å²) < 4.78 is 6.03. The highest BCUT2D eigenvalue weighted by Crippen LogP contribution is 2.18. The maximum atomic E-state index is 11.0. The number of ether oxygens (including phenoxy) is 1. The minimum Gasteiger partial charge on any atom is -0.468 e. The van der Waals surface area contributed by atoms with Gasteiger partial charge in [-0.2, -0.15) is 0 Å². The second-order valence-corrected chi connectivity index (χ2v) is 3.99. The van der Waals surface area contributed by atoms with Gasteiger partial charge >= 0.3 is 5.97 Å². The van der Waals surface area contributed by atoms with Crippen LogP contribution in [0, 0.1) is 0 Å². The van der Waals surface area contributed by atoms with Crippen molar-refractivity contribution in [1.29, 1.82) is 0 Å². The van der Waals surface area contributed by atoms with Crippen LogP contribution in [-0.4, -0.2) is 34.1 Å². The normalized spacial score (nSPS) is 15.8. The Kier molecular flexibility index (Phi) is 3.51. The number of carbonyl (C=O) groups excluding carboxylic acids is 1. The molecule has 0 radical (unpaired) electrons. The Balaban J connectivity index is 1.79. The highest BCUT2D eigenvalue weighted by molar-refractivity contribution is 5.68. The fourth-order valence-electron chi connectivity index (χ4n) is 1.55. The lowest BCUT2D eigenvalue weighted by Gasteiger charge is -2.25. The van der Waals surface area contributed by atoms with E-state index in [4.69, 9.17) is 0 Å². The van der Waals surface area contributed by atoms with Gasteiger partial charge in [0.1, 0.15) is 6.54 Å². The number of hydrogen-bond donors (Lipinski definition) is 1. The van der Waals surface area contributed by atoms with E-state index in [-0.39, 0.29) is 12.5 Å². The molecule has 0 bridgehead atoms. The van der Waals surface area contributed by atoms with Crippen molar-refractivity contribution in [3.63, 3.8) is 0 Å². The quantitative estimate of drug-likeness (QED) is 0.718. The third-order valence-corrected chi connectivity index (χ3v) is 2.78. The largest absolute Gasteiger partial charge is 0.468 e. The van der Waals surface area contributed by atoms with Gasteiger partial charge in [-0.05, 0) is 12.8 Å². The average molecular weight is 224 g/mol. The van der Waals surface area contributed by atoms with Gasteiger partial charge in [0, 0.05) is 12.6 Å². The Hall–Kier alpha value is -1.43. The van der Waals surface area contributed by atoms with Gasteiger partial charge in [0.25, 0.3) is 0 Å². The second kappa shape index (κ2) is 5.07. The highest BCUT2D eigenvalue weighted by atomic mass is 16.5. The van der Waals surface area contributed by atoms with E-state index in [1.54, 1.807) is 6.20 Å². The first-order valence-electron chi connectivity index (χ1n) is 5.47. The van der Waals surface area contributed by atoms with E-state index in [1.165, 1.54) is 31.1 Å². The van der Waals surface area contributed by atoms with Crippen molar-refractivity contribution in [1.82, 2.24) is 20.3 Å². The summed E-state index contributed by atoms with van der Waals surface area (Å²) >= 11 is 0. The maximum absolute atomic E-state index is 11.0. The summed E-state index contributed by atoms with van der Waals surface area (Å²) in [6.45, 7) is 0.832. The van der Waals surface area contributed by atoms with Crippen LogP contribution in [0.3, 0.4) is 0 Å². The summed E-state index contributed by atoms with van der Waals surface area (Å²) in [6, 6.07) is 0.630. The first kappa shape index (κ1) is 11.1. The van der Waals surface area contributed by atoms with Crippen LogP contribution in [0.1, 0.15) is 25.0 Å². The van der Waals surface area contributed by atoms with E-state index >= 15 is 0 Å². The minimum absolute atomic E-state index is 0.118. The van der Waals surface area contributed by atoms with Gasteiger partial charge in [-0.15, -0.1) is 5.10 Å². The molecule has 1 N–H and O–H groups in total. The first-order chi connectivity index (χ1) is 7.78. The summed E-state index contributed by atoms with van der Waals surface area (Å²) in [5.41, 5.74) is 0.857.